The lowest BCUT2D eigenvalue weighted by atomic mass is 9.77. The maximum atomic E-state index is 13.3. The van der Waals surface area contributed by atoms with Gasteiger partial charge in [0.1, 0.15) is 0 Å². The van der Waals surface area contributed by atoms with Gasteiger partial charge in [-0.05, 0) is 58.0 Å². The van der Waals surface area contributed by atoms with Crippen LogP contribution in [0, 0.1) is 5.41 Å². The van der Waals surface area contributed by atoms with E-state index in [1.54, 1.807) is 0 Å². The van der Waals surface area contributed by atoms with Gasteiger partial charge in [0.05, 0.1) is 12.0 Å². The van der Waals surface area contributed by atoms with Gasteiger partial charge in [-0.15, -0.1) is 0 Å². The van der Waals surface area contributed by atoms with Crippen LogP contribution in [-0.4, -0.2) is 71.8 Å². The topological polar surface area (TPSA) is 43.9 Å². The van der Waals surface area contributed by atoms with E-state index in [0.717, 1.165) is 45.4 Å². The van der Waals surface area contributed by atoms with E-state index < -0.39 is 0 Å². The minimum atomic E-state index is -0.269. The second-order valence-electron chi connectivity index (χ2n) is 9.08. The van der Waals surface area contributed by atoms with Gasteiger partial charge in [-0.2, -0.15) is 0 Å². The molecule has 1 aliphatic carbocycles. The third kappa shape index (κ3) is 3.64. The molecule has 0 aromatic heterocycles. The van der Waals surface area contributed by atoms with Crippen molar-refractivity contribution in [2.75, 3.05) is 39.3 Å². The van der Waals surface area contributed by atoms with Crippen LogP contribution in [0.4, 0.5) is 0 Å². The predicted molar refractivity (Wildman–Crippen MR) is 102 cm³/mol. The van der Waals surface area contributed by atoms with Crippen LogP contribution in [0.2, 0.25) is 0 Å². The van der Waals surface area contributed by atoms with Crippen LogP contribution in [0.15, 0.2) is 0 Å². The Morgan fingerprint density at radius 2 is 1.62 bits per heavy atom. The summed E-state index contributed by atoms with van der Waals surface area (Å²) in [4.78, 5) is 32.7. The molecule has 3 heterocycles. The van der Waals surface area contributed by atoms with E-state index in [0.29, 0.717) is 25.0 Å². The van der Waals surface area contributed by atoms with Gasteiger partial charge < -0.3 is 9.80 Å². The van der Waals surface area contributed by atoms with E-state index in [-0.39, 0.29) is 11.3 Å². The molecule has 26 heavy (non-hydrogen) atoms. The summed E-state index contributed by atoms with van der Waals surface area (Å²) in [5.74, 6) is 0.607. The molecule has 3 saturated heterocycles. The average molecular weight is 362 g/mol. The Balaban J connectivity index is 1.36. The number of carbonyl (C=O) groups excluding carboxylic acids is 2. The van der Waals surface area contributed by atoms with Crippen LogP contribution in [0.3, 0.4) is 0 Å². The number of likely N-dealkylation sites (tertiary alicyclic amines) is 3. The number of piperidine rings is 1. The summed E-state index contributed by atoms with van der Waals surface area (Å²) in [5, 5.41) is 0. The summed E-state index contributed by atoms with van der Waals surface area (Å²) < 4.78 is 0. The minimum Gasteiger partial charge on any atom is -0.340 e. The first-order valence-corrected chi connectivity index (χ1v) is 11.0. The maximum absolute atomic E-state index is 13.3. The summed E-state index contributed by atoms with van der Waals surface area (Å²) >= 11 is 0. The fourth-order valence-electron chi connectivity index (χ4n) is 5.71. The number of carbonyl (C=O) groups is 2. The van der Waals surface area contributed by atoms with Crippen molar-refractivity contribution in [3.63, 3.8) is 0 Å². The van der Waals surface area contributed by atoms with E-state index in [4.69, 9.17) is 0 Å². The number of hydrogen-bond acceptors (Lipinski definition) is 3. The van der Waals surface area contributed by atoms with Gasteiger partial charge in [0.2, 0.25) is 11.8 Å². The Labute approximate surface area is 158 Å². The molecule has 0 N–H and O–H groups in total. The van der Waals surface area contributed by atoms with E-state index >= 15 is 0 Å². The van der Waals surface area contributed by atoms with Crippen LogP contribution in [-0.2, 0) is 9.59 Å². The fraction of sp³-hybridized carbons (Fsp3) is 0.905. The molecule has 0 bridgehead atoms. The largest absolute Gasteiger partial charge is 0.340 e. The highest BCUT2D eigenvalue weighted by Gasteiger charge is 2.50. The lowest BCUT2D eigenvalue weighted by Crippen LogP contribution is -2.53. The van der Waals surface area contributed by atoms with E-state index in [1.165, 1.54) is 51.4 Å². The molecule has 0 aromatic rings. The molecule has 4 aliphatic rings. The molecular weight excluding hydrogens is 326 g/mol. The monoisotopic (exact) mass is 361 g/mol. The van der Waals surface area contributed by atoms with Crippen molar-refractivity contribution < 1.29 is 9.59 Å². The lowest BCUT2D eigenvalue weighted by molar-refractivity contribution is -0.148. The minimum absolute atomic E-state index is 0.245. The summed E-state index contributed by atoms with van der Waals surface area (Å²) in [7, 11) is 0. The van der Waals surface area contributed by atoms with Crippen molar-refractivity contribution in [2.45, 2.75) is 76.7 Å². The van der Waals surface area contributed by atoms with Gasteiger partial charge >= 0.3 is 0 Å². The SMILES string of the molecule is O=C(CN1CCCCCC1)N1CC[C@@]2(CCCN(C3CCCC3)C2=O)C1. The van der Waals surface area contributed by atoms with Crippen molar-refractivity contribution in [2.24, 2.45) is 5.41 Å². The highest BCUT2D eigenvalue weighted by atomic mass is 16.2. The molecule has 1 saturated carbocycles. The molecule has 5 heteroatoms. The molecule has 0 aromatic carbocycles. The van der Waals surface area contributed by atoms with E-state index in [2.05, 4.69) is 9.80 Å². The molecule has 0 radical (unpaired) electrons. The second kappa shape index (κ2) is 7.87. The Morgan fingerprint density at radius 3 is 2.35 bits per heavy atom. The molecule has 4 fully saturated rings. The molecule has 0 unspecified atom stereocenters. The predicted octanol–water partition coefficient (Wildman–Crippen LogP) is 2.65. The Hall–Kier alpha value is -1.10. The zero-order valence-corrected chi connectivity index (χ0v) is 16.3. The maximum Gasteiger partial charge on any atom is 0.236 e. The fourth-order valence-corrected chi connectivity index (χ4v) is 5.71. The van der Waals surface area contributed by atoms with Gasteiger partial charge in [0.25, 0.3) is 0 Å². The van der Waals surface area contributed by atoms with Crippen molar-refractivity contribution >= 4 is 11.8 Å². The van der Waals surface area contributed by atoms with Gasteiger partial charge in [-0.25, -0.2) is 0 Å². The summed E-state index contributed by atoms with van der Waals surface area (Å²) in [6, 6.07) is 0.474. The first-order chi connectivity index (χ1) is 12.7. The number of rotatable bonds is 3. The standard InChI is InChI=1S/C21H35N3O2/c25-19(16-22-12-5-1-2-6-13-22)23-15-11-21(17-23)10-7-14-24(20(21)26)18-8-3-4-9-18/h18H,1-17H2/t21-/m0/s1. The molecule has 5 nitrogen and oxygen atoms in total. The van der Waals surface area contributed by atoms with Gasteiger partial charge in [0, 0.05) is 25.7 Å². The van der Waals surface area contributed by atoms with Gasteiger partial charge in [-0.3, -0.25) is 14.5 Å². The zero-order chi connectivity index (χ0) is 18.0. The van der Waals surface area contributed by atoms with Crippen molar-refractivity contribution in [3.05, 3.63) is 0 Å². The molecule has 4 rings (SSSR count). The van der Waals surface area contributed by atoms with Crippen LogP contribution < -0.4 is 0 Å². The molecule has 3 aliphatic heterocycles. The zero-order valence-electron chi connectivity index (χ0n) is 16.3. The third-order valence-electron chi connectivity index (χ3n) is 7.30. The molecule has 1 atom stereocenters. The second-order valence-corrected chi connectivity index (χ2v) is 9.08. The van der Waals surface area contributed by atoms with Crippen LogP contribution in [0.5, 0.6) is 0 Å². The summed E-state index contributed by atoms with van der Waals surface area (Å²) in [5.41, 5.74) is -0.269. The Morgan fingerprint density at radius 1 is 0.885 bits per heavy atom. The smallest absolute Gasteiger partial charge is 0.236 e. The average Bonchev–Trinajstić information content (AvgIpc) is 3.25. The summed E-state index contributed by atoms with van der Waals surface area (Å²) in [6.45, 7) is 5.04. The molecular formula is C21H35N3O2. The number of hydrogen-bond donors (Lipinski definition) is 0. The molecule has 1 spiro atoms. The first kappa shape index (κ1) is 18.3. The van der Waals surface area contributed by atoms with Gasteiger partial charge in [0.15, 0.2) is 0 Å². The number of nitrogens with zero attached hydrogens (tertiary/aromatic N) is 3. The third-order valence-corrected chi connectivity index (χ3v) is 7.30. The highest BCUT2D eigenvalue weighted by molar-refractivity contribution is 5.86. The van der Waals surface area contributed by atoms with Crippen LogP contribution in [0.25, 0.3) is 0 Å². The van der Waals surface area contributed by atoms with Crippen molar-refractivity contribution in [1.29, 1.82) is 0 Å². The Bertz CT molecular complexity index is 523. The van der Waals surface area contributed by atoms with Crippen molar-refractivity contribution in [1.82, 2.24) is 14.7 Å². The molecule has 146 valence electrons. The number of amides is 2. The van der Waals surface area contributed by atoms with Gasteiger partial charge in [-0.1, -0.05) is 25.7 Å². The lowest BCUT2D eigenvalue weighted by Gasteiger charge is -2.42. The van der Waals surface area contributed by atoms with E-state index in [9.17, 15) is 9.59 Å². The van der Waals surface area contributed by atoms with E-state index in [1.807, 2.05) is 4.90 Å². The van der Waals surface area contributed by atoms with Crippen LogP contribution in [0.1, 0.15) is 70.6 Å². The summed E-state index contributed by atoms with van der Waals surface area (Å²) in [6.07, 6.45) is 12.9. The van der Waals surface area contributed by atoms with Crippen molar-refractivity contribution in [3.8, 4) is 0 Å². The normalized spacial score (nSPS) is 31.8. The first-order valence-electron chi connectivity index (χ1n) is 11.0. The highest BCUT2D eigenvalue weighted by Crippen LogP contribution is 2.42. The molecule has 2 amide bonds. The Kier molecular flexibility index (Phi) is 5.53. The van der Waals surface area contributed by atoms with Crippen LogP contribution >= 0.6 is 0 Å². The quantitative estimate of drug-likeness (QED) is 0.776.